The predicted molar refractivity (Wildman–Crippen MR) is 88.2 cm³/mol. The van der Waals surface area contributed by atoms with Gasteiger partial charge >= 0.3 is 0 Å². The van der Waals surface area contributed by atoms with Crippen LogP contribution in [-0.2, 0) is 0 Å². The predicted octanol–water partition coefficient (Wildman–Crippen LogP) is 4.17. The molecule has 3 nitrogen and oxygen atoms in total. The highest BCUT2D eigenvalue weighted by Gasteiger charge is 2.17. The molecule has 2 heterocycles. The number of benzene rings is 1. The lowest BCUT2D eigenvalue weighted by Crippen LogP contribution is -2.32. The van der Waals surface area contributed by atoms with Crippen LogP contribution in [0.4, 0.5) is 0 Å². The Morgan fingerprint density at radius 1 is 1.05 bits per heavy atom. The van der Waals surface area contributed by atoms with Gasteiger partial charge in [-0.2, -0.15) is 5.26 Å². The Hall–Kier alpha value is -2.18. The van der Waals surface area contributed by atoms with Crippen LogP contribution in [-0.4, -0.2) is 23.0 Å². The molecule has 112 valence electrons. The quantitative estimate of drug-likeness (QED) is 0.852. The molecule has 0 amide bonds. The van der Waals surface area contributed by atoms with Gasteiger partial charge in [-0.1, -0.05) is 30.7 Å². The summed E-state index contributed by atoms with van der Waals surface area (Å²) in [5.41, 5.74) is 3.97. The lowest BCUT2D eigenvalue weighted by molar-refractivity contribution is 0.175. The third-order valence-electron chi connectivity index (χ3n) is 4.52. The molecule has 0 bridgehead atoms. The lowest BCUT2D eigenvalue weighted by Gasteiger charge is -2.32. The van der Waals surface area contributed by atoms with Gasteiger partial charge in [-0.3, -0.25) is 9.88 Å². The normalized spacial score (nSPS) is 16.9. The Labute approximate surface area is 132 Å². The molecule has 3 heteroatoms. The van der Waals surface area contributed by atoms with Crippen molar-refractivity contribution in [2.45, 2.75) is 32.2 Å². The first kappa shape index (κ1) is 14.7. The summed E-state index contributed by atoms with van der Waals surface area (Å²) in [4.78, 5) is 6.92. The minimum atomic E-state index is 0.475. The standard InChI is InChI=1S/C19H21N3/c1-15(22-11-3-2-4-12-22)17-6-8-18(9-7-17)19-10-5-16(13-20)14-21-19/h5-10,14-15H,2-4,11-12H2,1H3. The lowest BCUT2D eigenvalue weighted by atomic mass is 10.0. The summed E-state index contributed by atoms with van der Waals surface area (Å²) >= 11 is 0. The number of nitriles is 1. The number of likely N-dealkylation sites (tertiary alicyclic amines) is 1. The number of piperidine rings is 1. The van der Waals surface area contributed by atoms with Crippen LogP contribution in [0.1, 0.15) is 43.4 Å². The molecule has 0 aliphatic carbocycles. The van der Waals surface area contributed by atoms with E-state index in [1.807, 2.05) is 12.1 Å². The van der Waals surface area contributed by atoms with Crippen LogP contribution >= 0.6 is 0 Å². The van der Waals surface area contributed by atoms with Crippen LogP contribution in [0.15, 0.2) is 42.6 Å². The van der Waals surface area contributed by atoms with Crippen molar-refractivity contribution in [3.05, 3.63) is 53.7 Å². The fourth-order valence-electron chi connectivity index (χ4n) is 3.08. The molecule has 0 radical (unpaired) electrons. The third-order valence-corrected chi connectivity index (χ3v) is 4.52. The molecule has 1 unspecified atom stereocenters. The zero-order valence-electron chi connectivity index (χ0n) is 13.0. The third kappa shape index (κ3) is 3.18. The molecular weight excluding hydrogens is 270 g/mol. The van der Waals surface area contributed by atoms with Crippen LogP contribution in [0, 0.1) is 11.3 Å². The van der Waals surface area contributed by atoms with Crippen LogP contribution in [0.25, 0.3) is 11.3 Å². The molecule has 1 saturated heterocycles. The van der Waals surface area contributed by atoms with E-state index in [0.717, 1.165) is 11.3 Å². The van der Waals surface area contributed by atoms with Gasteiger partial charge in [0.2, 0.25) is 0 Å². The van der Waals surface area contributed by atoms with Crippen molar-refractivity contribution in [2.75, 3.05) is 13.1 Å². The number of hydrogen-bond acceptors (Lipinski definition) is 3. The minimum absolute atomic E-state index is 0.475. The highest BCUT2D eigenvalue weighted by molar-refractivity contribution is 5.60. The zero-order chi connectivity index (χ0) is 15.4. The van der Waals surface area contributed by atoms with Gasteiger partial charge < -0.3 is 0 Å². The van der Waals surface area contributed by atoms with E-state index in [-0.39, 0.29) is 0 Å². The number of hydrogen-bond donors (Lipinski definition) is 0. The molecule has 22 heavy (non-hydrogen) atoms. The van der Waals surface area contributed by atoms with Crippen molar-refractivity contribution in [3.63, 3.8) is 0 Å². The molecule has 0 saturated carbocycles. The topological polar surface area (TPSA) is 39.9 Å². The maximum atomic E-state index is 8.83. The van der Waals surface area contributed by atoms with Gasteiger partial charge in [-0.25, -0.2) is 0 Å². The number of pyridine rings is 1. The summed E-state index contributed by atoms with van der Waals surface area (Å²) in [5.74, 6) is 0. The Bertz CT molecular complexity index is 647. The molecule has 1 aliphatic rings. The molecule has 1 atom stereocenters. The molecular formula is C19H21N3. The van der Waals surface area contributed by atoms with E-state index in [9.17, 15) is 0 Å². The van der Waals surface area contributed by atoms with Crippen molar-refractivity contribution in [3.8, 4) is 17.3 Å². The average Bonchev–Trinajstić information content (AvgIpc) is 2.62. The first-order chi connectivity index (χ1) is 10.8. The largest absolute Gasteiger partial charge is 0.297 e. The van der Waals surface area contributed by atoms with E-state index in [2.05, 4.69) is 47.1 Å². The van der Waals surface area contributed by atoms with Crippen molar-refractivity contribution in [2.24, 2.45) is 0 Å². The fourth-order valence-corrected chi connectivity index (χ4v) is 3.08. The van der Waals surface area contributed by atoms with E-state index in [0.29, 0.717) is 11.6 Å². The summed E-state index contributed by atoms with van der Waals surface area (Å²) in [5, 5.41) is 8.83. The van der Waals surface area contributed by atoms with Gasteiger partial charge in [0.1, 0.15) is 6.07 Å². The fraction of sp³-hybridized carbons (Fsp3) is 0.368. The van der Waals surface area contributed by atoms with Crippen molar-refractivity contribution >= 4 is 0 Å². The maximum absolute atomic E-state index is 8.83. The van der Waals surface area contributed by atoms with Gasteiger partial charge in [0.25, 0.3) is 0 Å². The van der Waals surface area contributed by atoms with E-state index in [4.69, 9.17) is 5.26 Å². The number of nitrogens with zero attached hydrogens (tertiary/aromatic N) is 3. The molecule has 0 spiro atoms. The average molecular weight is 291 g/mol. The van der Waals surface area contributed by atoms with Gasteiger partial charge in [0.15, 0.2) is 0 Å². The molecule has 1 aliphatic heterocycles. The summed E-state index contributed by atoms with van der Waals surface area (Å²) < 4.78 is 0. The second-order valence-electron chi connectivity index (χ2n) is 5.94. The van der Waals surface area contributed by atoms with Crippen molar-refractivity contribution in [1.29, 1.82) is 5.26 Å². The second kappa shape index (κ2) is 6.72. The van der Waals surface area contributed by atoms with Crippen LogP contribution < -0.4 is 0 Å². The van der Waals surface area contributed by atoms with Crippen LogP contribution in [0.5, 0.6) is 0 Å². The smallest absolute Gasteiger partial charge is 0.101 e. The van der Waals surface area contributed by atoms with Crippen LogP contribution in [0.2, 0.25) is 0 Å². The van der Waals surface area contributed by atoms with Gasteiger partial charge in [-0.15, -0.1) is 0 Å². The molecule has 0 N–H and O–H groups in total. The highest BCUT2D eigenvalue weighted by atomic mass is 15.2. The SMILES string of the molecule is CC(c1ccc(-c2ccc(C#N)cn2)cc1)N1CCCCC1. The Morgan fingerprint density at radius 3 is 2.36 bits per heavy atom. The van der Waals surface area contributed by atoms with E-state index in [1.54, 1.807) is 6.20 Å². The first-order valence-corrected chi connectivity index (χ1v) is 7.98. The molecule has 2 aromatic rings. The van der Waals surface area contributed by atoms with Crippen molar-refractivity contribution < 1.29 is 0 Å². The molecule has 1 aromatic carbocycles. The summed E-state index contributed by atoms with van der Waals surface area (Å²) in [6.45, 7) is 4.71. The van der Waals surface area contributed by atoms with E-state index in [1.165, 1.54) is 37.9 Å². The zero-order valence-corrected chi connectivity index (χ0v) is 13.0. The highest BCUT2D eigenvalue weighted by Crippen LogP contribution is 2.26. The van der Waals surface area contributed by atoms with Crippen LogP contribution in [0.3, 0.4) is 0 Å². The number of aromatic nitrogens is 1. The van der Waals surface area contributed by atoms with Crippen molar-refractivity contribution in [1.82, 2.24) is 9.88 Å². The van der Waals surface area contributed by atoms with E-state index < -0.39 is 0 Å². The molecule has 1 fully saturated rings. The molecule has 3 rings (SSSR count). The summed E-state index contributed by atoms with van der Waals surface area (Å²) in [7, 11) is 0. The monoisotopic (exact) mass is 291 g/mol. The first-order valence-electron chi connectivity index (χ1n) is 7.98. The number of rotatable bonds is 3. The van der Waals surface area contributed by atoms with Gasteiger partial charge in [0, 0.05) is 17.8 Å². The summed E-state index contributed by atoms with van der Waals surface area (Å²) in [6, 6.07) is 15.0. The second-order valence-corrected chi connectivity index (χ2v) is 5.94. The molecule has 1 aromatic heterocycles. The van der Waals surface area contributed by atoms with Gasteiger partial charge in [-0.05, 0) is 50.6 Å². The maximum Gasteiger partial charge on any atom is 0.101 e. The minimum Gasteiger partial charge on any atom is -0.297 e. The summed E-state index contributed by atoms with van der Waals surface area (Å²) in [6.07, 6.45) is 5.63. The Morgan fingerprint density at radius 2 is 1.77 bits per heavy atom. The Balaban J connectivity index is 1.75. The Kier molecular flexibility index (Phi) is 4.50. The van der Waals surface area contributed by atoms with E-state index >= 15 is 0 Å². The van der Waals surface area contributed by atoms with Gasteiger partial charge in [0.05, 0.1) is 11.3 Å².